The summed E-state index contributed by atoms with van der Waals surface area (Å²) in [5.74, 6) is 1.25. The molecule has 0 spiro atoms. The first-order valence-electron chi connectivity index (χ1n) is 7.12. The molecule has 7 nitrogen and oxygen atoms in total. The van der Waals surface area contributed by atoms with Crippen LogP contribution in [0.2, 0.25) is 0 Å². The predicted molar refractivity (Wildman–Crippen MR) is 82.4 cm³/mol. The van der Waals surface area contributed by atoms with E-state index in [9.17, 15) is 8.42 Å². The van der Waals surface area contributed by atoms with E-state index in [0.29, 0.717) is 13.1 Å². The van der Waals surface area contributed by atoms with Gasteiger partial charge in [-0.2, -0.15) is 5.10 Å². The van der Waals surface area contributed by atoms with Crippen LogP contribution in [0.4, 0.5) is 5.82 Å². The topological polar surface area (TPSA) is 76.5 Å². The van der Waals surface area contributed by atoms with E-state index in [2.05, 4.69) is 15.3 Å². The van der Waals surface area contributed by atoms with Gasteiger partial charge in [0.1, 0.15) is 15.7 Å². The van der Waals surface area contributed by atoms with Crippen molar-refractivity contribution in [3.63, 3.8) is 0 Å². The zero-order valence-electron chi connectivity index (χ0n) is 12.9. The zero-order chi connectivity index (χ0) is 15.5. The van der Waals surface area contributed by atoms with Crippen molar-refractivity contribution < 1.29 is 13.2 Å². The number of morpholine rings is 1. The summed E-state index contributed by atoms with van der Waals surface area (Å²) in [6.45, 7) is 6.23. The maximum absolute atomic E-state index is 11.1. The lowest BCUT2D eigenvalue weighted by molar-refractivity contribution is 0.122. The van der Waals surface area contributed by atoms with Crippen molar-refractivity contribution in [2.45, 2.75) is 13.5 Å². The van der Waals surface area contributed by atoms with E-state index in [4.69, 9.17) is 4.74 Å². The SMILES string of the molecule is Cc1nn(C)c(N2CCOCC2)c1CNCCS(C)(=O)=O. The molecule has 0 atom stereocenters. The Morgan fingerprint density at radius 2 is 2.00 bits per heavy atom. The average Bonchev–Trinajstić information content (AvgIpc) is 2.69. The lowest BCUT2D eigenvalue weighted by Gasteiger charge is -2.29. The second-order valence-corrected chi connectivity index (χ2v) is 7.68. The smallest absolute Gasteiger partial charge is 0.148 e. The number of hydrogen-bond acceptors (Lipinski definition) is 6. The largest absolute Gasteiger partial charge is 0.378 e. The standard InChI is InChI=1S/C13H24N4O3S/c1-11-12(10-14-4-9-21(3,18)19)13(16(2)15-11)17-5-7-20-8-6-17/h14H,4-10H2,1-3H3. The molecule has 2 rings (SSSR count). The molecule has 120 valence electrons. The molecular formula is C13H24N4O3S. The monoisotopic (exact) mass is 316 g/mol. The summed E-state index contributed by atoms with van der Waals surface area (Å²) < 4.78 is 29.6. The quantitative estimate of drug-likeness (QED) is 0.726. The Morgan fingerprint density at radius 3 is 2.62 bits per heavy atom. The molecule has 0 unspecified atom stereocenters. The Hall–Kier alpha value is -1.12. The number of ether oxygens (including phenoxy) is 1. The normalized spacial score (nSPS) is 16.4. The Kier molecular flexibility index (Phi) is 5.23. The lowest BCUT2D eigenvalue weighted by Crippen LogP contribution is -2.38. The molecule has 1 aliphatic heterocycles. The molecule has 1 aromatic heterocycles. The average molecular weight is 316 g/mol. The van der Waals surface area contributed by atoms with Crippen LogP contribution >= 0.6 is 0 Å². The highest BCUT2D eigenvalue weighted by Gasteiger charge is 2.21. The fourth-order valence-electron chi connectivity index (χ4n) is 2.54. The molecule has 0 amide bonds. The summed E-state index contributed by atoms with van der Waals surface area (Å²) in [4.78, 5) is 2.27. The second kappa shape index (κ2) is 6.76. The van der Waals surface area contributed by atoms with Crippen molar-refractivity contribution in [3.05, 3.63) is 11.3 Å². The van der Waals surface area contributed by atoms with Crippen LogP contribution in [0, 0.1) is 6.92 Å². The van der Waals surface area contributed by atoms with E-state index in [1.54, 1.807) is 0 Å². The highest BCUT2D eigenvalue weighted by Crippen LogP contribution is 2.23. The number of sulfone groups is 1. The van der Waals surface area contributed by atoms with Gasteiger partial charge in [0.15, 0.2) is 0 Å². The molecule has 1 fully saturated rings. The van der Waals surface area contributed by atoms with Gasteiger partial charge in [-0.15, -0.1) is 0 Å². The third kappa shape index (κ3) is 4.42. The van der Waals surface area contributed by atoms with Crippen molar-refractivity contribution in [2.24, 2.45) is 7.05 Å². The van der Waals surface area contributed by atoms with E-state index < -0.39 is 9.84 Å². The van der Waals surface area contributed by atoms with Crippen molar-refractivity contribution in [1.82, 2.24) is 15.1 Å². The number of nitrogens with zero attached hydrogens (tertiary/aromatic N) is 3. The van der Waals surface area contributed by atoms with Crippen LogP contribution in [-0.4, -0.2) is 63.1 Å². The van der Waals surface area contributed by atoms with Crippen LogP contribution in [0.3, 0.4) is 0 Å². The molecule has 1 N–H and O–H groups in total. The van der Waals surface area contributed by atoms with Crippen molar-refractivity contribution in [2.75, 3.05) is 49.8 Å². The lowest BCUT2D eigenvalue weighted by atomic mass is 10.2. The van der Waals surface area contributed by atoms with E-state index in [1.807, 2.05) is 18.7 Å². The summed E-state index contributed by atoms with van der Waals surface area (Å²) in [6, 6.07) is 0. The zero-order valence-corrected chi connectivity index (χ0v) is 13.7. The first kappa shape index (κ1) is 16.3. The molecule has 8 heteroatoms. The highest BCUT2D eigenvalue weighted by atomic mass is 32.2. The summed E-state index contributed by atoms with van der Waals surface area (Å²) in [7, 11) is -0.982. The predicted octanol–water partition coefficient (Wildman–Crippen LogP) is -0.301. The van der Waals surface area contributed by atoms with Gasteiger partial charge >= 0.3 is 0 Å². The van der Waals surface area contributed by atoms with Crippen LogP contribution in [0.25, 0.3) is 0 Å². The van der Waals surface area contributed by atoms with Crippen LogP contribution < -0.4 is 10.2 Å². The summed E-state index contributed by atoms with van der Waals surface area (Å²) in [5.41, 5.74) is 2.11. The van der Waals surface area contributed by atoms with E-state index in [0.717, 1.165) is 43.4 Å². The minimum absolute atomic E-state index is 0.152. The van der Waals surface area contributed by atoms with E-state index in [-0.39, 0.29) is 5.75 Å². The van der Waals surface area contributed by atoms with Crippen LogP contribution in [0.5, 0.6) is 0 Å². The molecule has 0 saturated carbocycles. The van der Waals surface area contributed by atoms with Gasteiger partial charge in [0.2, 0.25) is 0 Å². The van der Waals surface area contributed by atoms with Gasteiger partial charge in [-0.05, 0) is 6.92 Å². The maximum Gasteiger partial charge on any atom is 0.148 e. The minimum atomic E-state index is -2.92. The summed E-state index contributed by atoms with van der Waals surface area (Å²) in [5, 5.41) is 7.69. The van der Waals surface area contributed by atoms with E-state index >= 15 is 0 Å². The minimum Gasteiger partial charge on any atom is -0.378 e. The Labute approximate surface area is 126 Å². The van der Waals surface area contributed by atoms with Crippen molar-refractivity contribution in [3.8, 4) is 0 Å². The Bertz CT molecular complexity index is 576. The number of aryl methyl sites for hydroxylation is 2. The van der Waals surface area contributed by atoms with Gasteiger partial charge < -0.3 is 15.0 Å². The third-order valence-electron chi connectivity index (χ3n) is 3.58. The first-order valence-corrected chi connectivity index (χ1v) is 9.18. The molecule has 21 heavy (non-hydrogen) atoms. The van der Waals surface area contributed by atoms with Gasteiger partial charge in [-0.1, -0.05) is 0 Å². The van der Waals surface area contributed by atoms with Crippen LogP contribution in [0.1, 0.15) is 11.3 Å². The van der Waals surface area contributed by atoms with Gasteiger partial charge in [0, 0.05) is 45.0 Å². The van der Waals surface area contributed by atoms with Crippen molar-refractivity contribution >= 4 is 15.7 Å². The van der Waals surface area contributed by atoms with Gasteiger partial charge in [0.05, 0.1) is 24.7 Å². The van der Waals surface area contributed by atoms with Gasteiger partial charge in [0.25, 0.3) is 0 Å². The van der Waals surface area contributed by atoms with E-state index in [1.165, 1.54) is 6.26 Å². The molecule has 0 aromatic carbocycles. The molecule has 2 heterocycles. The fraction of sp³-hybridized carbons (Fsp3) is 0.769. The molecule has 1 aromatic rings. The molecular weight excluding hydrogens is 292 g/mol. The Morgan fingerprint density at radius 1 is 1.33 bits per heavy atom. The maximum atomic E-state index is 11.1. The van der Waals surface area contributed by atoms with Crippen LogP contribution in [-0.2, 0) is 28.2 Å². The summed E-state index contributed by atoms with van der Waals surface area (Å²) in [6.07, 6.45) is 1.25. The second-order valence-electron chi connectivity index (χ2n) is 5.42. The number of hydrogen-bond donors (Lipinski definition) is 1. The highest BCUT2D eigenvalue weighted by molar-refractivity contribution is 7.90. The number of rotatable bonds is 6. The molecule has 0 bridgehead atoms. The van der Waals surface area contributed by atoms with Crippen LogP contribution in [0.15, 0.2) is 0 Å². The number of nitrogens with one attached hydrogen (secondary N) is 1. The van der Waals surface area contributed by atoms with Gasteiger partial charge in [-0.25, -0.2) is 8.42 Å². The van der Waals surface area contributed by atoms with Gasteiger partial charge in [-0.3, -0.25) is 4.68 Å². The molecule has 1 aliphatic rings. The van der Waals surface area contributed by atoms with Crippen molar-refractivity contribution in [1.29, 1.82) is 0 Å². The Balaban J connectivity index is 2.04. The number of aromatic nitrogens is 2. The first-order chi connectivity index (χ1) is 9.88. The molecule has 0 aliphatic carbocycles. The summed E-state index contributed by atoms with van der Waals surface area (Å²) >= 11 is 0. The third-order valence-corrected chi connectivity index (χ3v) is 4.52. The fourth-order valence-corrected chi connectivity index (χ4v) is 3.05. The molecule has 1 saturated heterocycles. The number of anilines is 1. The molecule has 0 radical (unpaired) electrons.